The van der Waals surface area contributed by atoms with Crippen molar-refractivity contribution in [3.05, 3.63) is 29.8 Å². The fraction of sp³-hybridized carbons (Fsp3) is 0.529. The molecule has 0 atom stereocenters. The number of benzene rings is 1. The lowest BCUT2D eigenvalue weighted by Gasteiger charge is -2.08. The van der Waals surface area contributed by atoms with Crippen LogP contribution >= 0.6 is 0 Å². The Morgan fingerprint density at radius 2 is 1.68 bits per heavy atom. The van der Waals surface area contributed by atoms with Crippen molar-refractivity contribution < 1.29 is 23.1 Å². The van der Waals surface area contributed by atoms with Crippen molar-refractivity contribution >= 4 is 21.9 Å². The van der Waals surface area contributed by atoms with Gasteiger partial charge in [0.1, 0.15) is 0 Å². The van der Waals surface area contributed by atoms with E-state index >= 15 is 0 Å². The summed E-state index contributed by atoms with van der Waals surface area (Å²) in [7, 11) is -3.50. The number of sulfonamides is 1. The van der Waals surface area contributed by atoms with Gasteiger partial charge in [-0.25, -0.2) is 13.1 Å². The summed E-state index contributed by atoms with van der Waals surface area (Å²) in [5.41, 5.74) is 0.413. The summed E-state index contributed by atoms with van der Waals surface area (Å²) in [6.07, 6.45) is 5.03. The highest BCUT2D eigenvalue weighted by Crippen LogP contribution is 2.22. The van der Waals surface area contributed by atoms with E-state index in [9.17, 15) is 18.0 Å². The van der Waals surface area contributed by atoms with Crippen LogP contribution < -0.4 is 10.0 Å². The Balaban J connectivity index is 1.72. The lowest BCUT2D eigenvalue weighted by molar-refractivity contribution is -0.137. The van der Waals surface area contributed by atoms with Crippen molar-refractivity contribution in [3.8, 4) is 0 Å². The van der Waals surface area contributed by atoms with Crippen LogP contribution in [0, 0.1) is 0 Å². The largest absolute Gasteiger partial charge is 0.481 e. The number of aliphatic carboxylic acids is 1. The van der Waals surface area contributed by atoms with Crippen LogP contribution in [0.3, 0.4) is 0 Å². The molecule has 1 aliphatic rings. The minimum absolute atomic E-state index is 0.0449. The minimum Gasteiger partial charge on any atom is -0.481 e. The number of carboxylic acids is 1. The molecular weight excluding hydrogens is 344 g/mol. The lowest BCUT2D eigenvalue weighted by Crippen LogP contribution is -2.26. The minimum atomic E-state index is -3.50. The average molecular weight is 368 g/mol. The van der Waals surface area contributed by atoms with Gasteiger partial charge in [0, 0.05) is 24.6 Å². The maximum absolute atomic E-state index is 12.1. The summed E-state index contributed by atoms with van der Waals surface area (Å²) < 4.78 is 26.7. The number of amides is 1. The third-order valence-corrected chi connectivity index (χ3v) is 5.47. The molecule has 0 saturated heterocycles. The zero-order valence-corrected chi connectivity index (χ0v) is 14.8. The zero-order chi connectivity index (χ0) is 18.3. The Bertz CT molecular complexity index is 696. The van der Waals surface area contributed by atoms with Crippen molar-refractivity contribution in [1.29, 1.82) is 0 Å². The Labute approximate surface area is 147 Å². The van der Waals surface area contributed by atoms with Crippen LogP contribution in [0.25, 0.3) is 0 Å². The van der Waals surface area contributed by atoms with Crippen molar-refractivity contribution in [2.24, 2.45) is 0 Å². The first-order valence-corrected chi connectivity index (χ1v) is 9.99. The van der Waals surface area contributed by atoms with Gasteiger partial charge in [-0.15, -0.1) is 0 Å². The number of hydrogen-bond acceptors (Lipinski definition) is 4. The monoisotopic (exact) mass is 368 g/mol. The van der Waals surface area contributed by atoms with Crippen LogP contribution in [0.15, 0.2) is 29.2 Å². The van der Waals surface area contributed by atoms with Crippen LogP contribution in [-0.2, 0) is 14.8 Å². The van der Waals surface area contributed by atoms with Crippen LogP contribution in [0.2, 0.25) is 0 Å². The summed E-state index contributed by atoms with van der Waals surface area (Å²) in [4.78, 5) is 22.6. The summed E-state index contributed by atoms with van der Waals surface area (Å²) in [5, 5.41) is 11.3. The van der Waals surface area contributed by atoms with E-state index in [2.05, 4.69) is 10.0 Å². The fourth-order valence-corrected chi connectivity index (χ4v) is 3.64. The number of unbranched alkanes of at least 4 members (excludes halogenated alkanes) is 3. The first-order chi connectivity index (χ1) is 11.9. The number of carboxylic acid groups (broad SMARTS) is 1. The van der Waals surface area contributed by atoms with Gasteiger partial charge in [0.25, 0.3) is 5.91 Å². The van der Waals surface area contributed by atoms with Gasteiger partial charge in [-0.1, -0.05) is 12.8 Å². The Morgan fingerprint density at radius 3 is 2.28 bits per heavy atom. The molecule has 0 heterocycles. The second kappa shape index (κ2) is 8.96. The second-order valence-electron chi connectivity index (χ2n) is 6.23. The number of carbonyl (C=O) groups is 2. The van der Waals surface area contributed by atoms with E-state index in [1.807, 2.05) is 0 Å². The molecule has 1 aliphatic carbocycles. The lowest BCUT2D eigenvalue weighted by atomic mass is 10.1. The van der Waals surface area contributed by atoms with Gasteiger partial charge in [-0.05, 0) is 49.9 Å². The summed E-state index contributed by atoms with van der Waals surface area (Å²) in [6, 6.07) is 5.92. The fourth-order valence-electron chi connectivity index (χ4n) is 2.33. The maximum Gasteiger partial charge on any atom is 0.303 e. The van der Waals surface area contributed by atoms with E-state index in [4.69, 9.17) is 5.11 Å². The molecular formula is C17H24N2O5S. The second-order valence-corrected chi connectivity index (χ2v) is 7.95. The molecule has 1 aromatic carbocycles. The SMILES string of the molecule is O=C(O)CCCCCCNC(=O)c1ccc(S(=O)(=O)NC2CC2)cc1. The number of nitrogens with one attached hydrogen (secondary N) is 2. The summed E-state index contributed by atoms with van der Waals surface area (Å²) in [5.74, 6) is -1.03. The molecule has 0 radical (unpaired) electrons. The van der Waals surface area contributed by atoms with E-state index in [1.165, 1.54) is 24.3 Å². The summed E-state index contributed by atoms with van der Waals surface area (Å²) >= 11 is 0. The molecule has 138 valence electrons. The van der Waals surface area contributed by atoms with Crippen LogP contribution in [0.4, 0.5) is 0 Å². The molecule has 8 heteroatoms. The molecule has 7 nitrogen and oxygen atoms in total. The van der Waals surface area contributed by atoms with E-state index < -0.39 is 16.0 Å². The first kappa shape index (κ1) is 19.4. The molecule has 1 amide bonds. The molecule has 1 fully saturated rings. The van der Waals surface area contributed by atoms with Crippen LogP contribution in [0.1, 0.15) is 55.3 Å². The zero-order valence-electron chi connectivity index (χ0n) is 14.0. The van der Waals surface area contributed by atoms with Crippen LogP contribution in [0.5, 0.6) is 0 Å². The van der Waals surface area contributed by atoms with E-state index in [-0.39, 0.29) is 23.3 Å². The Morgan fingerprint density at radius 1 is 1.04 bits per heavy atom. The number of hydrogen-bond donors (Lipinski definition) is 3. The topological polar surface area (TPSA) is 113 Å². The highest BCUT2D eigenvalue weighted by Gasteiger charge is 2.27. The normalized spacial score (nSPS) is 14.2. The van der Waals surface area contributed by atoms with Crippen molar-refractivity contribution in [2.75, 3.05) is 6.54 Å². The van der Waals surface area contributed by atoms with Crippen molar-refractivity contribution in [1.82, 2.24) is 10.0 Å². The quantitative estimate of drug-likeness (QED) is 0.516. The van der Waals surface area contributed by atoms with Gasteiger partial charge in [-0.3, -0.25) is 9.59 Å². The molecule has 25 heavy (non-hydrogen) atoms. The van der Waals surface area contributed by atoms with Gasteiger partial charge < -0.3 is 10.4 Å². The molecule has 2 rings (SSSR count). The molecule has 0 bridgehead atoms. The van der Waals surface area contributed by atoms with Gasteiger partial charge in [0.15, 0.2) is 0 Å². The van der Waals surface area contributed by atoms with Gasteiger partial charge in [0.05, 0.1) is 4.90 Å². The smallest absolute Gasteiger partial charge is 0.303 e. The van der Waals surface area contributed by atoms with Crippen LogP contribution in [-0.4, -0.2) is 38.0 Å². The predicted octanol–water partition coefficient (Wildman–Crippen LogP) is 1.89. The molecule has 3 N–H and O–H groups in total. The van der Waals surface area contributed by atoms with Gasteiger partial charge >= 0.3 is 5.97 Å². The molecule has 0 aliphatic heterocycles. The van der Waals surface area contributed by atoms with E-state index in [0.29, 0.717) is 18.5 Å². The van der Waals surface area contributed by atoms with Crippen molar-refractivity contribution in [3.63, 3.8) is 0 Å². The highest BCUT2D eigenvalue weighted by molar-refractivity contribution is 7.89. The number of carbonyl (C=O) groups excluding carboxylic acids is 1. The van der Waals surface area contributed by atoms with Gasteiger partial charge in [-0.2, -0.15) is 0 Å². The molecule has 0 aromatic heterocycles. The molecule has 1 aromatic rings. The molecule has 1 saturated carbocycles. The predicted molar refractivity (Wildman–Crippen MR) is 92.8 cm³/mol. The highest BCUT2D eigenvalue weighted by atomic mass is 32.2. The van der Waals surface area contributed by atoms with E-state index in [1.54, 1.807) is 0 Å². The van der Waals surface area contributed by atoms with Gasteiger partial charge in [0.2, 0.25) is 10.0 Å². The Hall–Kier alpha value is -1.93. The van der Waals surface area contributed by atoms with E-state index in [0.717, 1.165) is 32.1 Å². The third kappa shape index (κ3) is 6.83. The number of rotatable bonds is 11. The van der Waals surface area contributed by atoms with Crippen molar-refractivity contribution in [2.45, 2.75) is 55.9 Å². The third-order valence-electron chi connectivity index (χ3n) is 3.93. The summed E-state index contributed by atoms with van der Waals surface area (Å²) in [6.45, 7) is 0.509. The standard InChI is InChI=1S/C17H24N2O5S/c20-16(21)5-3-1-2-4-12-18-17(22)13-6-10-15(11-7-13)25(23,24)19-14-8-9-14/h6-7,10-11,14,19H,1-5,8-9,12H2,(H,18,22)(H,20,21). The molecule has 0 spiro atoms. The average Bonchev–Trinajstić information content (AvgIpc) is 3.37. The first-order valence-electron chi connectivity index (χ1n) is 8.51. The molecule has 0 unspecified atom stereocenters. The maximum atomic E-state index is 12.1. The Kier molecular flexibility index (Phi) is 6.95.